The van der Waals surface area contributed by atoms with Crippen molar-refractivity contribution < 1.29 is 14.1 Å². The van der Waals surface area contributed by atoms with Gasteiger partial charge in [-0.15, -0.1) is 0 Å². The van der Waals surface area contributed by atoms with Crippen LogP contribution in [0.3, 0.4) is 0 Å². The van der Waals surface area contributed by atoms with Gasteiger partial charge < -0.3 is 9.73 Å². The van der Waals surface area contributed by atoms with Crippen LogP contribution in [0.1, 0.15) is 21.7 Å². The van der Waals surface area contributed by atoms with E-state index in [1.165, 1.54) is 17.7 Å². The van der Waals surface area contributed by atoms with Crippen LogP contribution in [0.4, 0.5) is 11.4 Å². The van der Waals surface area contributed by atoms with Crippen LogP contribution in [0.25, 0.3) is 11.3 Å². The van der Waals surface area contributed by atoms with Gasteiger partial charge in [-0.25, -0.2) is 0 Å². The number of amides is 1. The summed E-state index contributed by atoms with van der Waals surface area (Å²) in [5.74, 6) is 0.134. The highest BCUT2D eigenvalue weighted by molar-refractivity contribution is 6.02. The van der Waals surface area contributed by atoms with Crippen molar-refractivity contribution in [2.45, 2.75) is 6.42 Å². The summed E-state index contributed by atoms with van der Waals surface area (Å²) in [6, 6.07) is 27.0. The quantitative estimate of drug-likeness (QED) is 0.334. The second kappa shape index (κ2) is 8.45. The van der Waals surface area contributed by atoms with Gasteiger partial charge in [-0.2, -0.15) is 0 Å². The van der Waals surface area contributed by atoms with Crippen molar-refractivity contribution in [2.75, 3.05) is 5.32 Å². The van der Waals surface area contributed by atoms with Crippen LogP contribution in [0.15, 0.2) is 95.4 Å². The van der Waals surface area contributed by atoms with Crippen molar-refractivity contribution in [3.63, 3.8) is 0 Å². The molecular formula is C24H18N2O4. The molecule has 0 aliphatic heterocycles. The summed E-state index contributed by atoms with van der Waals surface area (Å²) in [6.07, 6.45) is 0.766. The lowest BCUT2D eigenvalue weighted by Crippen LogP contribution is -2.11. The fourth-order valence-corrected chi connectivity index (χ4v) is 3.17. The number of nitro groups is 1. The van der Waals surface area contributed by atoms with E-state index in [0.717, 1.165) is 12.0 Å². The molecule has 4 aromatic rings. The van der Waals surface area contributed by atoms with Crippen LogP contribution in [-0.2, 0) is 6.42 Å². The summed E-state index contributed by atoms with van der Waals surface area (Å²) in [4.78, 5) is 23.1. The first-order valence-electron chi connectivity index (χ1n) is 9.37. The highest BCUT2D eigenvalue weighted by Crippen LogP contribution is 2.26. The van der Waals surface area contributed by atoms with Crippen molar-refractivity contribution in [3.8, 4) is 11.3 Å². The fourth-order valence-electron chi connectivity index (χ4n) is 3.17. The van der Waals surface area contributed by atoms with Crippen LogP contribution >= 0.6 is 0 Å². The van der Waals surface area contributed by atoms with Crippen molar-refractivity contribution in [2.24, 2.45) is 0 Å². The topological polar surface area (TPSA) is 85.4 Å². The van der Waals surface area contributed by atoms with Crippen LogP contribution in [0.2, 0.25) is 0 Å². The Bertz CT molecular complexity index is 1200. The van der Waals surface area contributed by atoms with Gasteiger partial charge >= 0.3 is 0 Å². The molecule has 148 valence electrons. The molecule has 0 bridgehead atoms. The van der Waals surface area contributed by atoms with E-state index in [2.05, 4.69) is 17.4 Å². The molecule has 0 atom stereocenters. The molecule has 0 spiro atoms. The fraction of sp³-hybridized carbons (Fsp3) is 0.0417. The lowest BCUT2D eigenvalue weighted by atomic mass is 10.0. The molecule has 6 heteroatoms. The molecule has 0 fully saturated rings. The number of hydrogen-bond donors (Lipinski definition) is 1. The molecule has 0 saturated heterocycles. The van der Waals surface area contributed by atoms with Gasteiger partial charge in [-0.1, -0.05) is 54.6 Å². The third-order valence-electron chi connectivity index (χ3n) is 4.61. The summed E-state index contributed by atoms with van der Waals surface area (Å²) in [6.45, 7) is 0. The standard InChI is InChI=1S/C24H18N2O4/c27-24(23-13-12-22(30-23)19-9-5-11-21(16-19)26(28)29)25-20-10-4-8-18(15-20)14-17-6-2-1-3-7-17/h1-13,15-16H,14H2,(H,25,27). The maximum Gasteiger partial charge on any atom is 0.291 e. The maximum atomic E-state index is 12.6. The van der Waals surface area contributed by atoms with Gasteiger partial charge in [0.2, 0.25) is 0 Å². The number of nitrogens with one attached hydrogen (secondary N) is 1. The number of carbonyl (C=O) groups is 1. The van der Waals surface area contributed by atoms with Crippen LogP contribution in [-0.4, -0.2) is 10.8 Å². The van der Waals surface area contributed by atoms with Gasteiger partial charge in [0.25, 0.3) is 11.6 Å². The molecule has 1 aromatic heterocycles. The molecule has 1 amide bonds. The van der Waals surface area contributed by atoms with Crippen molar-refractivity contribution in [1.29, 1.82) is 0 Å². The van der Waals surface area contributed by atoms with Crippen LogP contribution in [0.5, 0.6) is 0 Å². The first-order chi connectivity index (χ1) is 14.6. The van der Waals surface area contributed by atoms with Crippen molar-refractivity contribution in [3.05, 3.63) is 118 Å². The van der Waals surface area contributed by atoms with Crippen molar-refractivity contribution >= 4 is 17.3 Å². The molecule has 6 nitrogen and oxygen atoms in total. The lowest BCUT2D eigenvalue weighted by molar-refractivity contribution is -0.384. The number of furan rings is 1. The summed E-state index contributed by atoms with van der Waals surface area (Å²) in [5, 5.41) is 13.8. The Kier molecular flexibility index (Phi) is 5.39. The van der Waals surface area contributed by atoms with E-state index >= 15 is 0 Å². The smallest absolute Gasteiger partial charge is 0.291 e. The van der Waals surface area contributed by atoms with E-state index in [1.807, 2.05) is 42.5 Å². The van der Waals surface area contributed by atoms with Gasteiger partial charge in [-0.3, -0.25) is 14.9 Å². The summed E-state index contributed by atoms with van der Waals surface area (Å²) < 4.78 is 5.63. The van der Waals surface area contributed by atoms with Gasteiger partial charge in [0.1, 0.15) is 5.76 Å². The zero-order valence-corrected chi connectivity index (χ0v) is 15.9. The number of rotatable bonds is 6. The Hall–Kier alpha value is -4.19. The predicted octanol–water partition coefficient (Wildman–Crippen LogP) is 5.70. The van der Waals surface area contributed by atoms with E-state index in [-0.39, 0.29) is 17.4 Å². The number of non-ortho nitro benzene ring substituents is 1. The Morgan fingerprint density at radius 3 is 2.43 bits per heavy atom. The highest BCUT2D eigenvalue weighted by atomic mass is 16.6. The minimum absolute atomic E-state index is 0.0369. The van der Waals surface area contributed by atoms with Gasteiger partial charge in [0.05, 0.1) is 4.92 Å². The molecule has 1 N–H and O–H groups in total. The molecular weight excluding hydrogens is 380 g/mol. The Morgan fingerprint density at radius 2 is 1.63 bits per heavy atom. The molecule has 0 saturated carbocycles. The summed E-state index contributed by atoms with van der Waals surface area (Å²) in [7, 11) is 0. The molecule has 0 aliphatic carbocycles. The maximum absolute atomic E-state index is 12.6. The van der Waals surface area contributed by atoms with E-state index in [4.69, 9.17) is 4.42 Å². The number of nitro benzene ring substituents is 1. The summed E-state index contributed by atoms with van der Waals surface area (Å²) >= 11 is 0. The van der Waals surface area contributed by atoms with Gasteiger partial charge in [0.15, 0.2) is 5.76 Å². The number of carbonyl (C=O) groups excluding carboxylic acids is 1. The Morgan fingerprint density at radius 1 is 0.867 bits per heavy atom. The van der Waals surface area contributed by atoms with E-state index in [1.54, 1.807) is 24.3 Å². The van der Waals surface area contributed by atoms with E-state index < -0.39 is 4.92 Å². The van der Waals surface area contributed by atoms with Gasteiger partial charge in [-0.05, 0) is 41.8 Å². The van der Waals surface area contributed by atoms with E-state index in [0.29, 0.717) is 17.0 Å². The normalized spacial score (nSPS) is 10.5. The molecule has 0 aliphatic rings. The highest BCUT2D eigenvalue weighted by Gasteiger charge is 2.14. The molecule has 3 aromatic carbocycles. The second-order valence-electron chi connectivity index (χ2n) is 6.79. The number of hydrogen-bond acceptors (Lipinski definition) is 4. The lowest BCUT2D eigenvalue weighted by Gasteiger charge is -2.07. The number of anilines is 1. The Labute approximate surface area is 172 Å². The zero-order chi connectivity index (χ0) is 20.9. The second-order valence-corrected chi connectivity index (χ2v) is 6.79. The van der Waals surface area contributed by atoms with Crippen molar-refractivity contribution in [1.82, 2.24) is 0 Å². The zero-order valence-electron chi connectivity index (χ0n) is 15.9. The van der Waals surface area contributed by atoms with Crippen LogP contribution in [0, 0.1) is 10.1 Å². The predicted molar refractivity (Wildman–Crippen MR) is 114 cm³/mol. The molecule has 30 heavy (non-hydrogen) atoms. The third-order valence-corrected chi connectivity index (χ3v) is 4.61. The average Bonchev–Trinajstić information content (AvgIpc) is 3.25. The van der Waals surface area contributed by atoms with Crippen LogP contribution < -0.4 is 5.32 Å². The minimum atomic E-state index is -0.470. The summed E-state index contributed by atoms with van der Waals surface area (Å²) in [5.41, 5.74) is 3.43. The SMILES string of the molecule is O=C(Nc1cccc(Cc2ccccc2)c1)c1ccc(-c2cccc([N+](=O)[O-])c2)o1. The molecule has 0 radical (unpaired) electrons. The first kappa shape index (κ1) is 19.1. The minimum Gasteiger partial charge on any atom is -0.451 e. The monoisotopic (exact) mass is 398 g/mol. The average molecular weight is 398 g/mol. The molecule has 0 unspecified atom stereocenters. The first-order valence-corrected chi connectivity index (χ1v) is 9.37. The van der Waals surface area contributed by atoms with E-state index in [9.17, 15) is 14.9 Å². The Balaban J connectivity index is 1.48. The third kappa shape index (κ3) is 4.44. The number of benzene rings is 3. The van der Waals surface area contributed by atoms with Gasteiger partial charge in [0, 0.05) is 23.4 Å². The number of nitrogens with zero attached hydrogens (tertiary/aromatic N) is 1. The molecule has 4 rings (SSSR count). The molecule has 1 heterocycles. The largest absolute Gasteiger partial charge is 0.451 e.